The number of piperazine rings is 1. The fraction of sp³-hybridized carbons (Fsp3) is 0.444. The lowest BCUT2D eigenvalue weighted by atomic mass is 10.1. The predicted octanol–water partition coefficient (Wildman–Crippen LogP) is 3.22. The van der Waals surface area contributed by atoms with Crippen LogP contribution in [0.1, 0.15) is 24.9 Å². The molecule has 0 N–H and O–H groups in total. The summed E-state index contributed by atoms with van der Waals surface area (Å²) in [5, 5.41) is 4.23. The Balaban J connectivity index is 1.59. The molecule has 0 spiro atoms. The zero-order valence-corrected chi connectivity index (χ0v) is 16.1. The Morgan fingerprint density at radius 3 is 2.62 bits per heavy atom. The van der Waals surface area contributed by atoms with Crippen LogP contribution < -0.4 is 0 Å². The molecule has 26 heavy (non-hydrogen) atoms. The number of halogens is 3. The van der Waals surface area contributed by atoms with Crippen molar-refractivity contribution in [2.24, 2.45) is 0 Å². The van der Waals surface area contributed by atoms with Crippen molar-refractivity contribution in [3.8, 4) is 0 Å². The molecule has 140 valence electrons. The summed E-state index contributed by atoms with van der Waals surface area (Å²) >= 11 is 3.35. The summed E-state index contributed by atoms with van der Waals surface area (Å²) in [6, 6.07) is 3.90. The van der Waals surface area contributed by atoms with E-state index in [9.17, 15) is 13.6 Å². The van der Waals surface area contributed by atoms with Crippen LogP contribution in [-0.2, 0) is 11.3 Å². The van der Waals surface area contributed by atoms with E-state index in [1.807, 2.05) is 16.7 Å². The molecule has 1 aromatic carbocycles. The number of nitrogens with zero attached hydrogens (tertiary/aromatic N) is 4. The van der Waals surface area contributed by atoms with Gasteiger partial charge in [0.1, 0.15) is 6.04 Å². The fourth-order valence-corrected chi connectivity index (χ4v) is 3.51. The fourth-order valence-electron chi connectivity index (χ4n) is 3.21. The second-order valence-corrected chi connectivity index (χ2v) is 7.29. The molecule has 0 aliphatic carbocycles. The Morgan fingerprint density at radius 2 is 2.00 bits per heavy atom. The highest BCUT2D eigenvalue weighted by Gasteiger charge is 2.28. The van der Waals surface area contributed by atoms with Gasteiger partial charge in [0, 0.05) is 44.5 Å². The molecule has 2 heterocycles. The van der Waals surface area contributed by atoms with E-state index in [2.05, 4.69) is 21.0 Å². The molecule has 1 saturated heterocycles. The Kier molecular flexibility index (Phi) is 6.03. The minimum absolute atomic E-state index is 0.0414. The van der Waals surface area contributed by atoms with E-state index >= 15 is 0 Å². The average Bonchev–Trinajstić information content (AvgIpc) is 3.06. The summed E-state index contributed by atoms with van der Waals surface area (Å²) in [5.74, 6) is -1.58. The van der Waals surface area contributed by atoms with E-state index in [4.69, 9.17) is 0 Å². The van der Waals surface area contributed by atoms with Gasteiger partial charge in [0.25, 0.3) is 0 Å². The molecule has 0 bridgehead atoms. The number of rotatable bonds is 5. The van der Waals surface area contributed by atoms with Gasteiger partial charge in [-0.2, -0.15) is 5.10 Å². The summed E-state index contributed by atoms with van der Waals surface area (Å²) in [7, 11) is 0. The summed E-state index contributed by atoms with van der Waals surface area (Å²) in [6.07, 6.45) is 4.12. The molecule has 1 aliphatic rings. The lowest BCUT2D eigenvalue weighted by Crippen LogP contribution is -2.50. The van der Waals surface area contributed by atoms with Gasteiger partial charge < -0.3 is 4.90 Å². The molecule has 1 fully saturated rings. The van der Waals surface area contributed by atoms with Crippen LogP contribution in [0.5, 0.6) is 0 Å². The highest BCUT2D eigenvalue weighted by molar-refractivity contribution is 9.10. The van der Waals surface area contributed by atoms with Gasteiger partial charge in [-0.15, -0.1) is 0 Å². The standard InChI is InChI=1S/C18H21BrF2N4O/c1-2-16(25-12-14(19)10-22-25)18(26)24-8-6-23(7-9-24)11-13-4-3-5-15(20)17(13)21/h3-5,10,12,16H,2,6-9,11H2,1H3. The lowest BCUT2D eigenvalue weighted by molar-refractivity contribution is -0.137. The van der Waals surface area contributed by atoms with Crippen molar-refractivity contribution in [2.75, 3.05) is 26.2 Å². The maximum atomic E-state index is 13.8. The average molecular weight is 427 g/mol. The highest BCUT2D eigenvalue weighted by atomic mass is 79.9. The van der Waals surface area contributed by atoms with Gasteiger partial charge in [-0.05, 0) is 28.4 Å². The van der Waals surface area contributed by atoms with Crippen LogP contribution in [0, 0.1) is 11.6 Å². The molecule has 1 unspecified atom stereocenters. The summed E-state index contributed by atoms with van der Waals surface area (Å²) < 4.78 is 29.7. The third-order valence-electron chi connectivity index (χ3n) is 4.67. The van der Waals surface area contributed by atoms with E-state index in [1.54, 1.807) is 23.1 Å². The third-order valence-corrected chi connectivity index (χ3v) is 5.08. The summed E-state index contributed by atoms with van der Waals surface area (Å²) in [4.78, 5) is 16.7. The largest absolute Gasteiger partial charge is 0.338 e. The SMILES string of the molecule is CCC(C(=O)N1CCN(Cc2cccc(F)c2F)CC1)n1cc(Br)cn1. The molecule has 0 saturated carbocycles. The normalized spacial score (nSPS) is 16.7. The van der Waals surface area contributed by atoms with Crippen LogP contribution in [0.15, 0.2) is 35.1 Å². The number of carbonyl (C=O) groups excluding carboxylic acids is 1. The van der Waals surface area contributed by atoms with Gasteiger partial charge >= 0.3 is 0 Å². The van der Waals surface area contributed by atoms with Gasteiger partial charge in [0.15, 0.2) is 11.6 Å². The number of aromatic nitrogens is 2. The van der Waals surface area contributed by atoms with Gasteiger partial charge in [-0.25, -0.2) is 8.78 Å². The first-order valence-corrected chi connectivity index (χ1v) is 9.42. The van der Waals surface area contributed by atoms with Crippen LogP contribution in [0.2, 0.25) is 0 Å². The first-order chi connectivity index (χ1) is 12.5. The first kappa shape index (κ1) is 19.0. The van der Waals surface area contributed by atoms with E-state index in [1.165, 1.54) is 6.07 Å². The Morgan fingerprint density at radius 1 is 1.27 bits per heavy atom. The molecule has 1 amide bonds. The van der Waals surface area contributed by atoms with Gasteiger partial charge in [0.2, 0.25) is 5.91 Å². The number of benzene rings is 1. The predicted molar refractivity (Wildman–Crippen MR) is 97.5 cm³/mol. The maximum absolute atomic E-state index is 13.8. The molecular formula is C18H21BrF2N4O. The number of hydrogen-bond acceptors (Lipinski definition) is 3. The third kappa shape index (κ3) is 4.12. The van der Waals surface area contributed by atoms with Crippen molar-refractivity contribution >= 4 is 21.8 Å². The molecular weight excluding hydrogens is 406 g/mol. The van der Waals surface area contributed by atoms with Crippen LogP contribution >= 0.6 is 15.9 Å². The Hall–Kier alpha value is -1.80. The molecule has 3 rings (SSSR count). The summed E-state index contributed by atoms with van der Waals surface area (Å²) in [6.45, 7) is 4.68. The molecule has 1 atom stereocenters. The van der Waals surface area contributed by atoms with E-state index < -0.39 is 11.6 Å². The van der Waals surface area contributed by atoms with Crippen molar-refractivity contribution in [2.45, 2.75) is 25.9 Å². The molecule has 1 aromatic heterocycles. The van der Waals surface area contributed by atoms with Crippen LogP contribution in [-0.4, -0.2) is 51.7 Å². The summed E-state index contributed by atoms with van der Waals surface area (Å²) in [5.41, 5.74) is 0.345. The number of hydrogen-bond donors (Lipinski definition) is 0. The molecule has 2 aromatic rings. The van der Waals surface area contributed by atoms with Crippen LogP contribution in [0.3, 0.4) is 0 Å². The number of carbonyl (C=O) groups is 1. The smallest absolute Gasteiger partial charge is 0.247 e. The Labute approximate surface area is 159 Å². The van der Waals surface area contributed by atoms with E-state index in [0.717, 1.165) is 10.5 Å². The minimum Gasteiger partial charge on any atom is -0.338 e. The monoisotopic (exact) mass is 426 g/mol. The number of amides is 1. The molecule has 8 heteroatoms. The quantitative estimate of drug-likeness (QED) is 0.736. The minimum atomic E-state index is -0.826. The molecule has 1 aliphatic heterocycles. The first-order valence-electron chi connectivity index (χ1n) is 8.63. The van der Waals surface area contributed by atoms with Gasteiger partial charge in [-0.3, -0.25) is 14.4 Å². The topological polar surface area (TPSA) is 41.4 Å². The second-order valence-electron chi connectivity index (χ2n) is 6.38. The van der Waals surface area contributed by atoms with Crippen molar-refractivity contribution in [3.05, 3.63) is 52.3 Å². The van der Waals surface area contributed by atoms with Crippen LogP contribution in [0.4, 0.5) is 8.78 Å². The van der Waals surface area contributed by atoms with Gasteiger partial charge in [0.05, 0.1) is 10.7 Å². The van der Waals surface area contributed by atoms with Crippen molar-refractivity contribution in [1.82, 2.24) is 19.6 Å². The molecule has 5 nitrogen and oxygen atoms in total. The highest BCUT2D eigenvalue weighted by Crippen LogP contribution is 2.20. The molecule has 0 radical (unpaired) electrons. The zero-order valence-electron chi connectivity index (χ0n) is 14.5. The lowest BCUT2D eigenvalue weighted by Gasteiger charge is -2.36. The van der Waals surface area contributed by atoms with Crippen LogP contribution in [0.25, 0.3) is 0 Å². The van der Waals surface area contributed by atoms with E-state index in [0.29, 0.717) is 44.7 Å². The Bertz CT molecular complexity index is 774. The van der Waals surface area contributed by atoms with Crippen molar-refractivity contribution in [3.63, 3.8) is 0 Å². The van der Waals surface area contributed by atoms with E-state index in [-0.39, 0.29) is 11.9 Å². The van der Waals surface area contributed by atoms with Crippen molar-refractivity contribution < 1.29 is 13.6 Å². The zero-order chi connectivity index (χ0) is 18.7. The van der Waals surface area contributed by atoms with Crippen molar-refractivity contribution in [1.29, 1.82) is 0 Å². The van der Waals surface area contributed by atoms with Gasteiger partial charge in [-0.1, -0.05) is 19.1 Å². The maximum Gasteiger partial charge on any atom is 0.247 e. The second kappa shape index (κ2) is 8.26.